The zero-order chi connectivity index (χ0) is 17.4. The van der Waals surface area contributed by atoms with Gasteiger partial charge in [0.25, 0.3) is 0 Å². The van der Waals surface area contributed by atoms with E-state index in [0.717, 1.165) is 24.3 Å². The number of nitrogens with zero attached hydrogens (tertiary/aromatic N) is 1. The minimum atomic E-state index is -0.254. The van der Waals surface area contributed by atoms with E-state index in [1.54, 1.807) is 12.0 Å². The lowest BCUT2D eigenvalue weighted by molar-refractivity contribution is -0.126. The molecule has 24 heavy (non-hydrogen) atoms. The van der Waals surface area contributed by atoms with Gasteiger partial charge in [-0.25, -0.2) is 0 Å². The minimum Gasteiger partial charge on any atom is -0.497 e. The Morgan fingerprint density at radius 2 is 1.92 bits per heavy atom. The van der Waals surface area contributed by atoms with Crippen molar-refractivity contribution in [2.45, 2.75) is 45.4 Å². The average molecular weight is 332 g/mol. The van der Waals surface area contributed by atoms with Crippen molar-refractivity contribution in [3.8, 4) is 5.75 Å². The number of unbranched alkanes of at least 4 members (excludes halogenated alkanes) is 4. The van der Waals surface area contributed by atoms with Crippen molar-refractivity contribution < 1.29 is 14.3 Å². The molecule has 1 saturated heterocycles. The largest absolute Gasteiger partial charge is 0.497 e. The molecule has 0 spiro atoms. The number of ether oxygens (including phenoxy) is 1. The van der Waals surface area contributed by atoms with Crippen molar-refractivity contribution in [1.29, 1.82) is 0 Å². The summed E-state index contributed by atoms with van der Waals surface area (Å²) in [7, 11) is 1.61. The predicted molar refractivity (Wildman–Crippen MR) is 95.2 cm³/mol. The average Bonchev–Trinajstić information content (AvgIpc) is 3.00. The first-order valence-electron chi connectivity index (χ1n) is 8.87. The van der Waals surface area contributed by atoms with E-state index in [1.165, 1.54) is 19.3 Å². The maximum absolute atomic E-state index is 12.2. The van der Waals surface area contributed by atoms with Gasteiger partial charge in [0.1, 0.15) is 5.75 Å². The molecule has 1 heterocycles. The molecule has 132 valence electrons. The fraction of sp³-hybridized carbons (Fsp3) is 0.579. The van der Waals surface area contributed by atoms with Crippen LogP contribution in [-0.2, 0) is 9.59 Å². The van der Waals surface area contributed by atoms with Crippen LogP contribution in [0, 0.1) is 5.92 Å². The maximum atomic E-state index is 12.2. The molecule has 1 aromatic rings. The molecule has 0 radical (unpaired) electrons. The van der Waals surface area contributed by atoms with Crippen LogP contribution >= 0.6 is 0 Å². The molecule has 1 fully saturated rings. The third kappa shape index (κ3) is 4.98. The summed E-state index contributed by atoms with van der Waals surface area (Å²) in [5.41, 5.74) is 0.815. The molecular formula is C19H28N2O3. The maximum Gasteiger partial charge on any atom is 0.227 e. The molecule has 1 aliphatic rings. The van der Waals surface area contributed by atoms with Crippen LogP contribution in [0.15, 0.2) is 24.3 Å². The van der Waals surface area contributed by atoms with Crippen LogP contribution < -0.4 is 15.0 Å². The molecule has 0 saturated carbocycles. The van der Waals surface area contributed by atoms with Crippen molar-refractivity contribution in [2.75, 3.05) is 25.1 Å². The van der Waals surface area contributed by atoms with E-state index in [-0.39, 0.29) is 24.2 Å². The summed E-state index contributed by atoms with van der Waals surface area (Å²) in [6.45, 7) is 3.34. The molecule has 1 unspecified atom stereocenters. The fourth-order valence-electron chi connectivity index (χ4n) is 2.98. The van der Waals surface area contributed by atoms with Crippen LogP contribution in [0.3, 0.4) is 0 Å². The van der Waals surface area contributed by atoms with Crippen LogP contribution in [0.5, 0.6) is 5.75 Å². The number of carbonyl (C=O) groups is 2. The second-order valence-corrected chi connectivity index (χ2v) is 6.31. The van der Waals surface area contributed by atoms with Gasteiger partial charge in [-0.15, -0.1) is 0 Å². The van der Waals surface area contributed by atoms with E-state index in [9.17, 15) is 9.59 Å². The summed E-state index contributed by atoms with van der Waals surface area (Å²) >= 11 is 0. The number of methoxy groups -OCH3 is 1. The molecule has 0 bridgehead atoms. The molecule has 1 aromatic carbocycles. The highest BCUT2D eigenvalue weighted by Gasteiger charge is 2.34. The van der Waals surface area contributed by atoms with Crippen LogP contribution in [0.25, 0.3) is 0 Å². The van der Waals surface area contributed by atoms with Gasteiger partial charge in [-0.1, -0.05) is 32.6 Å². The highest BCUT2D eigenvalue weighted by Crippen LogP contribution is 2.26. The Morgan fingerprint density at radius 1 is 1.21 bits per heavy atom. The van der Waals surface area contributed by atoms with Gasteiger partial charge < -0.3 is 15.0 Å². The minimum absolute atomic E-state index is 0.00302. The summed E-state index contributed by atoms with van der Waals surface area (Å²) in [4.78, 5) is 26.1. The van der Waals surface area contributed by atoms with Crippen LogP contribution in [0.2, 0.25) is 0 Å². The number of carbonyl (C=O) groups excluding carboxylic acids is 2. The Balaban J connectivity index is 1.79. The first-order valence-corrected chi connectivity index (χ1v) is 8.87. The van der Waals surface area contributed by atoms with Gasteiger partial charge in [-0.3, -0.25) is 9.59 Å². The summed E-state index contributed by atoms with van der Waals surface area (Å²) < 4.78 is 5.13. The molecule has 2 rings (SSSR count). The molecular weight excluding hydrogens is 304 g/mol. The van der Waals surface area contributed by atoms with E-state index in [2.05, 4.69) is 12.2 Å². The molecule has 5 heteroatoms. The zero-order valence-corrected chi connectivity index (χ0v) is 14.7. The standard InChI is InChI=1S/C19H28N2O3/c1-3-4-5-6-7-12-20-19(23)15-13-18(22)21(14-15)16-8-10-17(24-2)11-9-16/h8-11,15H,3-7,12-14H2,1-2H3,(H,20,23). The molecule has 1 N–H and O–H groups in total. The Labute approximate surface area is 144 Å². The van der Waals surface area contributed by atoms with Gasteiger partial charge in [-0.05, 0) is 30.7 Å². The molecule has 1 atom stereocenters. The number of nitrogens with one attached hydrogen (secondary N) is 1. The van der Waals surface area contributed by atoms with Gasteiger partial charge in [0, 0.05) is 25.2 Å². The van der Waals surface area contributed by atoms with Gasteiger partial charge >= 0.3 is 0 Å². The highest BCUT2D eigenvalue weighted by atomic mass is 16.5. The Bertz CT molecular complexity index is 542. The first kappa shape index (κ1) is 18.3. The number of hydrogen-bond donors (Lipinski definition) is 1. The summed E-state index contributed by atoms with van der Waals surface area (Å²) in [5.74, 6) is 0.496. The highest BCUT2D eigenvalue weighted by molar-refractivity contribution is 6.00. The lowest BCUT2D eigenvalue weighted by Gasteiger charge is -2.17. The van der Waals surface area contributed by atoms with Crippen LogP contribution in [-0.4, -0.2) is 32.0 Å². The summed E-state index contributed by atoms with van der Waals surface area (Å²) in [6.07, 6.45) is 6.14. The van der Waals surface area contributed by atoms with E-state index in [0.29, 0.717) is 13.1 Å². The van der Waals surface area contributed by atoms with Crippen LogP contribution in [0.4, 0.5) is 5.69 Å². The number of hydrogen-bond acceptors (Lipinski definition) is 3. The van der Waals surface area contributed by atoms with Crippen molar-refractivity contribution >= 4 is 17.5 Å². The quantitative estimate of drug-likeness (QED) is 0.707. The topological polar surface area (TPSA) is 58.6 Å². The Morgan fingerprint density at radius 3 is 2.58 bits per heavy atom. The first-order chi connectivity index (χ1) is 11.7. The number of benzene rings is 1. The van der Waals surface area contributed by atoms with Crippen molar-refractivity contribution in [3.05, 3.63) is 24.3 Å². The summed E-state index contributed by atoms with van der Waals surface area (Å²) in [6, 6.07) is 7.36. The molecule has 1 aliphatic heterocycles. The normalized spacial score (nSPS) is 17.2. The monoisotopic (exact) mass is 332 g/mol. The zero-order valence-electron chi connectivity index (χ0n) is 14.7. The van der Waals surface area contributed by atoms with E-state index in [1.807, 2.05) is 24.3 Å². The molecule has 0 aliphatic carbocycles. The smallest absolute Gasteiger partial charge is 0.227 e. The lowest BCUT2D eigenvalue weighted by atomic mass is 10.1. The van der Waals surface area contributed by atoms with Crippen molar-refractivity contribution in [1.82, 2.24) is 5.32 Å². The Kier molecular flexibility index (Phi) is 7.09. The van der Waals surface area contributed by atoms with Gasteiger partial charge in [0.15, 0.2) is 0 Å². The van der Waals surface area contributed by atoms with Crippen LogP contribution in [0.1, 0.15) is 45.4 Å². The number of rotatable bonds is 9. The Hall–Kier alpha value is -2.04. The molecule has 5 nitrogen and oxygen atoms in total. The second-order valence-electron chi connectivity index (χ2n) is 6.31. The van der Waals surface area contributed by atoms with Gasteiger partial charge in [0.2, 0.25) is 11.8 Å². The van der Waals surface area contributed by atoms with E-state index >= 15 is 0 Å². The SMILES string of the molecule is CCCCCCCNC(=O)C1CC(=O)N(c2ccc(OC)cc2)C1. The van der Waals surface area contributed by atoms with Gasteiger partial charge in [0.05, 0.1) is 13.0 Å². The fourth-order valence-corrected chi connectivity index (χ4v) is 2.98. The van der Waals surface area contributed by atoms with Gasteiger partial charge in [-0.2, -0.15) is 0 Å². The number of amides is 2. The number of anilines is 1. The van der Waals surface area contributed by atoms with E-state index < -0.39 is 0 Å². The molecule has 0 aromatic heterocycles. The summed E-state index contributed by atoms with van der Waals surface area (Å²) in [5, 5.41) is 2.97. The predicted octanol–water partition coefficient (Wildman–Crippen LogP) is 3.13. The third-order valence-electron chi connectivity index (χ3n) is 4.46. The van der Waals surface area contributed by atoms with Crippen molar-refractivity contribution in [3.63, 3.8) is 0 Å². The molecule has 2 amide bonds. The second kappa shape index (κ2) is 9.30. The third-order valence-corrected chi connectivity index (χ3v) is 4.46. The lowest BCUT2D eigenvalue weighted by Crippen LogP contribution is -2.33. The van der Waals surface area contributed by atoms with E-state index in [4.69, 9.17) is 4.74 Å². The van der Waals surface area contributed by atoms with Crippen molar-refractivity contribution in [2.24, 2.45) is 5.92 Å².